The number of nitrogens with zero attached hydrogens (tertiary/aromatic N) is 1. The summed E-state index contributed by atoms with van der Waals surface area (Å²) in [6, 6.07) is 10.6. The molecule has 0 aliphatic heterocycles. The Balaban J connectivity index is 2.41. The van der Waals surface area contributed by atoms with E-state index >= 15 is 0 Å². The van der Waals surface area contributed by atoms with Gasteiger partial charge >= 0.3 is 0 Å². The number of thioether (sulfide) groups is 1. The number of aryl methyl sites for hydroxylation is 1. The third-order valence-electron chi connectivity index (χ3n) is 4.13. The van der Waals surface area contributed by atoms with E-state index in [0.29, 0.717) is 16.8 Å². The SMILES string of the molecule is C=CCSc1ccccc1NC(=O)c1cc(C)c(C)c(S(=O)(=O)N(C)C)c1. The van der Waals surface area contributed by atoms with Crippen LogP contribution in [0.2, 0.25) is 0 Å². The van der Waals surface area contributed by atoms with Crippen molar-refractivity contribution >= 4 is 33.4 Å². The molecule has 0 bridgehead atoms. The maximum absolute atomic E-state index is 12.8. The van der Waals surface area contributed by atoms with Gasteiger partial charge in [-0.15, -0.1) is 18.3 Å². The van der Waals surface area contributed by atoms with Crippen molar-refractivity contribution in [3.8, 4) is 0 Å². The molecule has 5 nitrogen and oxygen atoms in total. The molecule has 2 aromatic carbocycles. The van der Waals surface area contributed by atoms with E-state index in [4.69, 9.17) is 0 Å². The third-order valence-corrected chi connectivity index (χ3v) is 7.14. The summed E-state index contributed by atoms with van der Waals surface area (Å²) in [5.41, 5.74) is 2.38. The van der Waals surface area contributed by atoms with Gasteiger partial charge in [-0.05, 0) is 49.2 Å². The number of carbonyl (C=O) groups is 1. The number of anilines is 1. The van der Waals surface area contributed by atoms with E-state index in [1.165, 1.54) is 20.2 Å². The van der Waals surface area contributed by atoms with Crippen LogP contribution in [0, 0.1) is 13.8 Å². The van der Waals surface area contributed by atoms with Crippen molar-refractivity contribution < 1.29 is 13.2 Å². The molecule has 7 heteroatoms. The first-order chi connectivity index (χ1) is 12.7. The number of carbonyl (C=O) groups excluding carboxylic acids is 1. The van der Waals surface area contributed by atoms with Crippen LogP contribution in [-0.2, 0) is 10.0 Å². The summed E-state index contributed by atoms with van der Waals surface area (Å²) in [5.74, 6) is 0.377. The lowest BCUT2D eigenvalue weighted by molar-refractivity contribution is 0.102. The molecule has 0 aromatic heterocycles. The van der Waals surface area contributed by atoms with Gasteiger partial charge < -0.3 is 5.32 Å². The lowest BCUT2D eigenvalue weighted by Gasteiger charge is -2.17. The molecule has 0 aliphatic carbocycles. The Kier molecular flexibility index (Phi) is 6.86. The van der Waals surface area contributed by atoms with E-state index in [-0.39, 0.29) is 10.8 Å². The largest absolute Gasteiger partial charge is 0.321 e. The lowest BCUT2D eigenvalue weighted by atomic mass is 10.1. The summed E-state index contributed by atoms with van der Waals surface area (Å²) in [5, 5.41) is 2.89. The predicted molar refractivity (Wildman–Crippen MR) is 112 cm³/mol. The fourth-order valence-electron chi connectivity index (χ4n) is 2.46. The van der Waals surface area contributed by atoms with Crippen LogP contribution in [0.3, 0.4) is 0 Å². The zero-order valence-electron chi connectivity index (χ0n) is 15.9. The van der Waals surface area contributed by atoms with Gasteiger partial charge in [0, 0.05) is 30.3 Å². The Morgan fingerprint density at radius 3 is 2.52 bits per heavy atom. The Labute approximate surface area is 165 Å². The second kappa shape index (κ2) is 8.73. The predicted octanol–water partition coefficient (Wildman–Crippen LogP) is 4.08. The third kappa shape index (κ3) is 4.80. The number of amides is 1. The number of sulfonamides is 1. The standard InChI is InChI=1S/C20H24N2O3S2/c1-6-11-26-18-10-8-7-9-17(18)21-20(23)16-12-14(2)15(3)19(13-16)27(24,25)22(4)5/h6-10,12-13H,1,11H2,2-5H3,(H,21,23). The fraction of sp³-hybridized carbons (Fsp3) is 0.250. The molecule has 0 unspecified atom stereocenters. The maximum Gasteiger partial charge on any atom is 0.255 e. The number of rotatable bonds is 7. The van der Waals surface area contributed by atoms with E-state index in [1.54, 1.807) is 37.8 Å². The first kappa shape index (κ1) is 21.2. The number of nitrogens with one attached hydrogen (secondary N) is 1. The van der Waals surface area contributed by atoms with Crippen molar-refractivity contribution in [1.82, 2.24) is 4.31 Å². The van der Waals surface area contributed by atoms with Gasteiger partial charge in [0.15, 0.2) is 0 Å². The van der Waals surface area contributed by atoms with Gasteiger partial charge in [0.05, 0.1) is 10.6 Å². The number of hydrogen-bond acceptors (Lipinski definition) is 4. The van der Waals surface area contributed by atoms with Crippen LogP contribution in [-0.4, -0.2) is 38.5 Å². The molecule has 27 heavy (non-hydrogen) atoms. The minimum absolute atomic E-state index is 0.145. The summed E-state index contributed by atoms with van der Waals surface area (Å²) in [6.07, 6.45) is 1.80. The highest BCUT2D eigenvalue weighted by atomic mass is 32.2. The molecular formula is C20H24N2O3S2. The summed E-state index contributed by atoms with van der Waals surface area (Å²) >= 11 is 1.57. The van der Waals surface area contributed by atoms with Crippen LogP contribution in [0.15, 0.2) is 58.8 Å². The average Bonchev–Trinajstić information content (AvgIpc) is 2.62. The molecule has 0 spiro atoms. The Bertz CT molecular complexity index is 967. The van der Waals surface area contributed by atoms with Gasteiger partial charge in [-0.25, -0.2) is 12.7 Å². The summed E-state index contributed by atoms with van der Waals surface area (Å²) in [7, 11) is -0.689. The molecular weight excluding hydrogens is 380 g/mol. The Morgan fingerprint density at radius 1 is 1.22 bits per heavy atom. The number of hydrogen-bond donors (Lipinski definition) is 1. The van der Waals surface area contributed by atoms with Gasteiger partial charge in [-0.2, -0.15) is 0 Å². The molecule has 0 fully saturated rings. The van der Waals surface area contributed by atoms with Crippen LogP contribution < -0.4 is 5.32 Å². The maximum atomic E-state index is 12.8. The first-order valence-corrected chi connectivity index (χ1v) is 10.8. The summed E-state index contributed by atoms with van der Waals surface area (Å²) < 4.78 is 26.3. The van der Waals surface area contributed by atoms with Gasteiger partial charge in [0.1, 0.15) is 0 Å². The lowest BCUT2D eigenvalue weighted by Crippen LogP contribution is -2.24. The van der Waals surface area contributed by atoms with Crippen molar-refractivity contribution in [2.24, 2.45) is 0 Å². The molecule has 0 saturated heterocycles. The van der Waals surface area contributed by atoms with Crippen molar-refractivity contribution in [2.45, 2.75) is 23.6 Å². The van der Waals surface area contributed by atoms with Crippen LogP contribution in [0.1, 0.15) is 21.5 Å². The van der Waals surface area contributed by atoms with Crippen LogP contribution in [0.5, 0.6) is 0 Å². The van der Waals surface area contributed by atoms with E-state index in [9.17, 15) is 13.2 Å². The van der Waals surface area contributed by atoms with Gasteiger partial charge in [0.25, 0.3) is 5.91 Å². The zero-order chi connectivity index (χ0) is 20.2. The number of benzene rings is 2. The minimum atomic E-state index is -3.64. The average molecular weight is 405 g/mol. The fourth-order valence-corrected chi connectivity index (χ4v) is 4.43. The summed E-state index contributed by atoms with van der Waals surface area (Å²) in [4.78, 5) is 13.9. The molecule has 144 valence electrons. The molecule has 0 aliphatic rings. The van der Waals surface area contributed by atoms with Gasteiger partial charge in [-0.3, -0.25) is 4.79 Å². The molecule has 0 saturated carbocycles. The zero-order valence-corrected chi connectivity index (χ0v) is 17.6. The number of para-hydroxylation sites is 1. The van der Waals surface area contributed by atoms with Crippen molar-refractivity contribution in [2.75, 3.05) is 25.2 Å². The second-order valence-corrected chi connectivity index (χ2v) is 9.44. The van der Waals surface area contributed by atoms with Crippen LogP contribution in [0.25, 0.3) is 0 Å². The molecule has 0 heterocycles. The van der Waals surface area contributed by atoms with E-state index < -0.39 is 10.0 Å². The minimum Gasteiger partial charge on any atom is -0.321 e. The van der Waals surface area contributed by atoms with Crippen LogP contribution in [0.4, 0.5) is 5.69 Å². The van der Waals surface area contributed by atoms with Gasteiger partial charge in [-0.1, -0.05) is 18.2 Å². The van der Waals surface area contributed by atoms with Crippen molar-refractivity contribution in [1.29, 1.82) is 0 Å². The molecule has 2 aromatic rings. The topological polar surface area (TPSA) is 66.5 Å². The van der Waals surface area contributed by atoms with E-state index in [1.807, 2.05) is 24.3 Å². The van der Waals surface area contributed by atoms with E-state index in [0.717, 1.165) is 20.5 Å². The molecule has 1 N–H and O–H groups in total. The Hall–Kier alpha value is -2.09. The molecule has 2 rings (SSSR count). The van der Waals surface area contributed by atoms with Gasteiger partial charge in [0.2, 0.25) is 10.0 Å². The van der Waals surface area contributed by atoms with Crippen LogP contribution >= 0.6 is 11.8 Å². The monoisotopic (exact) mass is 404 g/mol. The second-order valence-electron chi connectivity index (χ2n) is 6.25. The van der Waals surface area contributed by atoms with E-state index in [2.05, 4.69) is 11.9 Å². The normalized spacial score (nSPS) is 11.4. The smallest absolute Gasteiger partial charge is 0.255 e. The highest BCUT2D eigenvalue weighted by molar-refractivity contribution is 7.99. The summed E-state index contributed by atoms with van der Waals surface area (Å²) in [6.45, 7) is 7.25. The Morgan fingerprint density at radius 2 is 1.89 bits per heavy atom. The first-order valence-electron chi connectivity index (χ1n) is 8.36. The highest BCUT2D eigenvalue weighted by Crippen LogP contribution is 2.28. The molecule has 1 amide bonds. The van der Waals surface area contributed by atoms with Crippen molar-refractivity contribution in [3.63, 3.8) is 0 Å². The molecule has 0 atom stereocenters. The quantitative estimate of drug-likeness (QED) is 0.558. The van der Waals surface area contributed by atoms with Crippen molar-refractivity contribution in [3.05, 3.63) is 65.7 Å². The molecule has 0 radical (unpaired) electrons. The highest BCUT2D eigenvalue weighted by Gasteiger charge is 2.23.